The summed E-state index contributed by atoms with van der Waals surface area (Å²) in [6, 6.07) is 9.13. The summed E-state index contributed by atoms with van der Waals surface area (Å²) in [6.45, 7) is -0.0202. The van der Waals surface area contributed by atoms with Crippen LogP contribution in [0.1, 0.15) is 37.7 Å². The molecule has 25 heavy (non-hydrogen) atoms. The van der Waals surface area contributed by atoms with Crippen LogP contribution in [0.4, 0.5) is 0 Å². The summed E-state index contributed by atoms with van der Waals surface area (Å²) in [5.74, 6) is 0.258. The molecule has 1 unspecified atom stereocenters. The summed E-state index contributed by atoms with van der Waals surface area (Å²) in [4.78, 5) is 26.0. The smallest absolute Gasteiger partial charge is 0.235 e. The topological polar surface area (TPSA) is 90.6 Å². The van der Waals surface area contributed by atoms with Gasteiger partial charge in [-0.2, -0.15) is 5.26 Å². The third kappa shape index (κ3) is 3.67. The molecule has 2 amide bonds. The van der Waals surface area contributed by atoms with Gasteiger partial charge in [-0.05, 0) is 30.5 Å². The minimum absolute atomic E-state index is 0.00164. The van der Waals surface area contributed by atoms with E-state index in [0.717, 1.165) is 31.2 Å². The van der Waals surface area contributed by atoms with Gasteiger partial charge < -0.3 is 9.84 Å². The molecule has 1 N–H and O–H groups in total. The highest BCUT2D eigenvalue weighted by molar-refractivity contribution is 6.06. The van der Waals surface area contributed by atoms with Crippen molar-refractivity contribution in [1.82, 2.24) is 4.90 Å². The van der Waals surface area contributed by atoms with Crippen LogP contribution in [0.25, 0.3) is 0 Å². The van der Waals surface area contributed by atoms with Crippen molar-refractivity contribution in [2.45, 2.75) is 44.6 Å². The summed E-state index contributed by atoms with van der Waals surface area (Å²) >= 11 is 0. The lowest BCUT2D eigenvalue weighted by molar-refractivity contribution is -0.143. The van der Waals surface area contributed by atoms with Crippen LogP contribution in [-0.4, -0.2) is 41.1 Å². The lowest BCUT2D eigenvalue weighted by Crippen LogP contribution is -2.41. The van der Waals surface area contributed by atoms with Gasteiger partial charge in [-0.1, -0.05) is 25.0 Å². The van der Waals surface area contributed by atoms with Gasteiger partial charge in [0.25, 0.3) is 0 Å². The predicted octanol–water partition coefficient (Wildman–Crippen LogP) is 1.81. The van der Waals surface area contributed by atoms with E-state index < -0.39 is 11.5 Å². The van der Waals surface area contributed by atoms with Crippen molar-refractivity contribution in [3.8, 4) is 11.8 Å². The summed E-state index contributed by atoms with van der Waals surface area (Å²) in [5.41, 5.74) is 0.388. The number of carbonyl (C=O) groups is 2. The Morgan fingerprint density at radius 3 is 2.56 bits per heavy atom. The molecule has 1 aromatic rings. The van der Waals surface area contributed by atoms with E-state index in [-0.39, 0.29) is 31.4 Å². The number of amides is 2. The van der Waals surface area contributed by atoms with Crippen LogP contribution in [0.5, 0.6) is 5.75 Å². The number of nitriles is 1. The first-order valence-electron chi connectivity index (χ1n) is 8.66. The highest BCUT2D eigenvalue weighted by Crippen LogP contribution is 2.46. The molecule has 0 radical (unpaired) electrons. The number of β-amino-alcohol motifs (C(OH)–C–C–N with tert-alkyl or cyclic N) is 1. The number of imide groups is 1. The third-order valence-corrected chi connectivity index (χ3v) is 5.09. The Morgan fingerprint density at radius 2 is 1.92 bits per heavy atom. The SMILES string of the molecule is N#CCc1ccc(OCC(O)CN2C(=O)CC3(CCCC3)C2=O)cc1. The van der Waals surface area contributed by atoms with E-state index in [2.05, 4.69) is 6.07 Å². The van der Waals surface area contributed by atoms with Gasteiger partial charge in [0.1, 0.15) is 18.5 Å². The molecule has 1 aromatic carbocycles. The van der Waals surface area contributed by atoms with Crippen molar-refractivity contribution in [3.63, 3.8) is 0 Å². The number of ether oxygens (including phenoxy) is 1. The molecule has 1 aliphatic heterocycles. The fourth-order valence-corrected chi connectivity index (χ4v) is 3.74. The Kier molecular flexibility index (Phi) is 5.05. The van der Waals surface area contributed by atoms with Gasteiger partial charge in [-0.3, -0.25) is 14.5 Å². The van der Waals surface area contributed by atoms with E-state index in [1.165, 1.54) is 4.90 Å². The molecule has 6 heteroatoms. The Bertz CT molecular complexity index is 686. The number of aliphatic hydroxyl groups is 1. The lowest BCUT2D eigenvalue weighted by Gasteiger charge is -2.23. The van der Waals surface area contributed by atoms with Crippen molar-refractivity contribution >= 4 is 11.8 Å². The zero-order chi connectivity index (χ0) is 17.9. The molecule has 1 spiro atoms. The molecule has 1 saturated carbocycles. The monoisotopic (exact) mass is 342 g/mol. The number of hydrogen-bond donors (Lipinski definition) is 1. The number of nitrogens with zero attached hydrogens (tertiary/aromatic N) is 2. The molecule has 0 aromatic heterocycles. The third-order valence-electron chi connectivity index (χ3n) is 5.09. The second-order valence-corrected chi connectivity index (χ2v) is 6.92. The van der Waals surface area contributed by atoms with Crippen LogP contribution < -0.4 is 4.74 Å². The van der Waals surface area contributed by atoms with Crippen LogP contribution in [0, 0.1) is 16.7 Å². The molecule has 3 rings (SSSR count). The van der Waals surface area contributed by atoms with Crippen molar-refractivity contribution in [2.24, 2.45) is 5.41 Å². The van der Waals surface area contributed by atoms with E-state index in [0.29, 0.717) is 12.2 Å². The maximum absolute atomic E-state index is 12.6. The number of carbonyl (C=O) groups excluding carboxylic acids is 2. The first-order valence-corrected chi connectivity index (χ1v) is 8.66. The molecule has 2 aliphatic rings. The van der Waals surface area contributed by atoms with E-state index >= 15 is 0 Å². The molecule has 0 bridgehead atoms. The summed E-state index contributed by atoms with van der Waals surface area (Å²) in [5, 5.41) is 18.8. The summed E-state index contributed by atoms with van der Waals surface area (Å²) < 4.78 is 5.52. The highest BCUT2D eigenvalue weighted by Gasteiger charge is 2.52. The predicted molar refractivity (Wildman–Crippen MR) is 89.5 cm³/mol. The second kappa shape index (κ2) is 7.24. The fourth-order valence-electron chi connectivity index (χ4n) is 3.74. The lowest BCUT2D eigenvalue weighted by atomic mass is 9.84. The molecule has 1 saturated heterocycles. The zero-order valence-corrected chi connectivity index (χ0v) is 14.1. The molecular formula is C19H22N2O4. The maximum atomic E-state index is 12.6. The maximum Gasteiger partial charge on any atom is 0.235 e. The normalized spacial score (nSPS) is 20.1. The van der Waals surface area contributed by atoms with Crippen LogP contribution >= 0.6 is 0 Å². The average Bonchev–Trinajstić information content (AvgIpc) is 3.16. The van der Waals surface area contributed by atoms with Crippen molar-refractivity contribution < 1.29 is 19.4 Å². The number of aliphatic hydroxyl groups excluding tert-OH is 1. The fraction of sp³-hybridized carbons (Fsp3) is 0.526. The molecule has 2 fully saturated rings. The first-order chi connectivity index (χ1) is 12.0. The molecule has 1 atom stereocenters. The van der Waals surface area contributed by atoms with Gasteiger partial charge in [-0.25, -0.2) is 0 Å². The standard InChI is InChI=1S/C19H22N2O4/c20-10-7-14-3-5-16(6-4-14)25-13-15(22)12-21-17(23)11-19(18(21)24)8-1-2-9-19/h3-6,15,22H,1-2,7-9,11-13H2. The Balaban J connectivity index is 1.52. The van der Waals surface area contributed by atoms with Gasteiger partial charge in [0.2, 0.25) is 11.8 Å². The number of hydrogen-bond acceptors (Lipinski definition) is 5. The number of likely N-dealkylation sites (tertiary alicyclic amines) is 1. The van der Waals surface area contributed by atoms with Gasteiger partial charge in [-0.15, -0.1) is 0 Å². The van der Waals surface area contributed by atoms with E-state index in [4.69, 9.17) is 10.00 Å². The molecule has 6 nitrogen and oxygen atoms in total. The van der Waals surface area contributed by atoms with Gasteiger partial charge >= 0.3 is 0 Å². The van der Waals surface area contributed by atoms with Crippen molar-refractivity contribution in [2.75, 3.05) is 13.2 Å². The quantitative estimate of drug-likeness (QED) is 0.796. The highest BCUT2D eigenvalue weighted by atomic mass is 16.5. The van der Waals surface area contributed by atoms with Crippen LogP contribution in [-0.2, 0) is 16.0 Å². The molecule has 1 heterocycles. The van der Waals surface area contributed by atoms with Gasteiger partial charge in [0.15, 0.2) is 0 Å². The second-order valence-electron chi connectivity index (χ2n) is 6.92. The van der Waals surface area contributed by atoms with Gasteiger partial charge in [0, 0.05) is 6.42 Å². The largest absolute Gasteiger partial charge is 0.491 e. The Hall–Kier alpha value is -2.39. The van der Waals surface area contributed by atoms with Crippen LogP contribution in [0.2, 0.25) is 0 Å². The van der Waals surface area contributed by atoms with Gasteiger partial charge in [0.05, 0.1) is 24.4 Å². The Labute approximate surface area is 147 Å². The average molecular weight is 342 g/mol. The zero-order valence-electron chi connectivity index (χ0n) is 14.1. The summed E-state index contributed by atoms with van der Waals surface area (Å²) in [6.07, 6.45) is 3.21. The minimum Gasteiger partial charge on any atom is -0.491 e. The molecular weight excluding hydrogens is 320 g/mol. The van der Waals surface area contributed by atoms with Crippen LogP contribution in [0.15, 0.2) is 24.3 Å². The Morgan fingerprint density at radius 1 is 1.24 bits per heavy atom. The molecule has 1 aliphatic carbocycles. The molecule has 132 valence electrons. The first kappa shape index (κ1) is 17.4. The van der Waals surface area contributed by atoms with Crippen LogP contribution in [0.3, 0.4) is 0 Å². The van der Waals surface area contributed by atoms with E-state index in [1.807, 2.05) is 0 Å². The number of benzene rings is 1. The van der Waals surface area contributed by atoms with E-state index in [9.17, 15) is 14.7 Å². The minimum atomic E-state index is -0.928. The summed E-state index contributed by atoms with van der Waals surface area (Å²) in [7, 11) is 0. The number of rotatable bonds is 6. The van der Waals surface area contributed by atoms with Crippen molar-refractivity contribution in [1.29, 1.82) is 5.26 Å². The van der Waals surface area contributed by atoms with Crippen molar-refractivity contribution in [3.05, 3.63) is 29.8 Å². The van der Waals surface area contributed by atoms with E-state index in [1.54, 1.807) is 24.3 Å².